The van der Waals surface area contributed by atoms with Gasteiger partial charge in [-0.25, -0.2) is 0 Å². The van der Waals surface area contributed by atoms with E-state index in [4.69, 9.17) is 5.11 Å². The van der Waals surface area contributed by atoms with Gasteiger partial charge in [-0.1, -0.05) is 19.8 Å². The number of nitrogens with one attached hydrogen (secondary N) is 2. The average Bonchev–Trinajstić information content (AvgIpc) is 2.28. The molecule has 0 heterocycles. The highest BCUT2D eigenvalue weighted by molar-refractivity contribution is 6.35. The summed E-state index contributed by atoms with van der Waals surface area (Å²) in [7, 11) is 0. The van der Waals surface area contributed by atoms with E-state index in [1.54, 1.807) is 6.92 Å². The largest absolute Gasteiger partial charge is 0.392 e. The number of hydrogen-bond acceptors (Lipinski definition) is 3. The zero-order valence-corrected chi connectivity index (χ0v) is 10.5. The Morgan fingerprint density at radius 3 is 2.53 bits per heavy atom. The first-order valence-electron chi connectivity index (χ1n) is 6.27. The third-order valence-corrected chi connectivity index (χ3v) is 3.19. The topological polar surface area (TPSA) is 78.4 Å². The fraction of sp³-hybridized carbons (Fsp3) is 0.833. The normalized spacial score (nSPS) is 26.1. The van der Waals surface area contributed by atoms with Gasteiger partial charge >= 0.3 is 11.8 Å². The molecule has 5 nitrogen and oxygen atoms in total. The molecular weight excluding hydrogens is 220 g/mol. The maximum absolute atomic E-state index is 11.6. The van der Waals surface area contributed by atoms with Gasteiger partial charge in [-0.3, -0.25) is 9.59 Å². The van der Waals surface area contributed by atoms with Gasteiger partial charge in [0.15, 0.2) is 0 Å². The molecule has 1 fully saturated rings. The van der Waals surface area contributed by atoms with Gasteiger partial charge < -0.3 is 15.7 Å². The SMILES string of the molecule is C[C@H](O)CNC(=O)C(=O)N[C@H]1CCCC[C@H]1C. The van der Waals surface area contributed by atoms with Gasteiger partial charge in [-0.05, 0) is 25.7 Å². The molecule has 98 valence electrons. The van der Waals surface area contributed by atoms with E-state index >= 15 is 0 Å². The lowest BCUT2D eigenvalue weighted by Gasteiger charge is -2.29. The average molecular weight is 242 g/mol. The van der Waals surface area contributed by atoms with E-state index in [1.807, 2.05) is 0 Å². The number of aliphatic hydroxyl groups is 1. The summed E-state index contributed by atoms with van der Waals surface area (Å²) in [4.78, 5) is 23.0. The number of aliphatic hydroxyl groups excluding tert-OH is 1. The van der Waals surface area contributed by atoms with Crippen LogP contribution in [0.4, 0.5) is 0 Å². The van der Waals surface area contributed by atoms with Gasteiger partial charge in [0.25, 0.3) is 0 Å². The number of carbonyl (C=O) groups excluding carboxylic acids is 2. The predicted molar refractivity (Wildman–Crippen MR) is 64.3 cm³/mol. The van der Waals surface area contributed by atoms with Gasteiger partial charge in [0, 0.05) is 12.6 Å². The Labute approximate surface area is 102 Å². The number of carbonyl (C=O) groups is 2. The summed E-state index contributed by atoms with van der Waals surface area (Å²) in [5.41, 5.74) is 0. The zero-order chi connectivity index (χ0) is 12.8. The standard InChI is InChI=1S/C12H22N2O3/c1-8-5-3-4-6-10(8)14-12(17)11(16)13-7-9(2)15/h8-10,15H,3-7H2,1-2H3,(H,13,16)(H,14,17)/t8-,9+,10+/m1/s1. The summed E-state index contributed by atoms with van der Waals surface area (Å²) < 4.78 is 0. The quantitative estimate of drug-likeness (QED) is 0.618. The van der Waals surface area contributed by atoms with Crippen LogP contribution in [0.5, 0.6) is 0 Å². The van der Waals surface area contributed by atoms with E-state index in [9.17, 15) is 9.59 Å². The van der Waals surface area contributed by atoms with Crippen molar-refractivity contribution in [2.75, 3.05) is 6.54 Å². The summed E-state index contributed by atoms with van der Waals surface area (Å²) in [5.74, 6) is -0.828. The lowest BCUT2D eigenvalue weighted by atomic mass is 9.86. The predicted octanol–water partition coefficient (Wildman–Crippen LogP) is 0.178. The smallest absolute Gasteiger partial charge is 0.309 e. The van der Waals surface area contributed by atoms with Crippen molar-refractivity contribution in [3.63, 3.8) is 0 Å². The highest BCUT2D eigenvalue weighted by atomic mass is 16.3. The van der Waals surface area contributed by atoms with Crippen molar-refractivity contribution < 1.29 is 14.7 Å². The van der Waals surface area contributed by atoms with Crippen LogP contribution in [0.25, 0.3) is 0 Å². The molecule has 17 heavy (non-hydrogen) atoms. The molecule has 1 saturated carbocycles. The van der Waals surface area contributed by atoms with Gasteiger partial charge in [0.05, 0.1) is 6.10 Å². The molecule has 3 N–H and O–H groups in total. The van der Waals surface area contributed by atoms with Crippen molar-refractivity contribution in [2.24, 2.45) is 5.92 Å². The van der Waals surface area contributed by atoms with E-state index in [-0.39, 0.29) is 12.6 Å². The van der Waals surface area contributed by atoms with Crippen LogP contribution in [0.3, 0.4) is 0 Å². The molecule has 1 aliphatic rings. The Morgan fingerprint density at radius 1 is 1.29 bits per heavy atom. The Bertz CT molecular complexity index is 279. The molecule has 1 aliphatic carbocycles. The van der Waals surface area contributed by atoms with Crippen molar-refractivity contribution in [2.45, 2.75) is 51.7 Å². The summed E-state index contributed by atoms with van der Waals surface area (Å²) in [6.07, 6.45) is 3.70. The van der Waals surface area contributed by atoms with Crippen LogP contribution in [0, 0.1) is 5.92 Å². The van der Waals surface area contributed by atoms with Gasteiger partial charge in [0.2, 0.25) is 0 Å². The first-order valence-corrected chi connectivity index (χ1v) is 6.27. The minimum atomic E-state index is -0.663. The fourth-order valence-electron chi connectivity index (χ4n) is 2.09. The van der Waals surface area contributed by atoms with Crippen molar-refractivity contribution in [3.8, 4) is 0 Å². The van der Waals surface area contributed by atoms with E-state index in [0.717, 1.165) is 19.3 Å². The summed E-state index contributed by atoms with van der Waals surface area (Å²) >= 11 is 0. The zero-order valence-electron chi connectivity index (χ0n) is 10.5. The monoisotopic (exact) mass is 242 g/mol. The Morgan fingerprint density at radius 2 is 1.94 bits per heavy atom. The van der Waals surface area contributed by atoms with Crippen LogP contribution < -0.4 is 10.6 Å². The molecule has 1 rings (SSSR count). The molecule has 0 spiro atoms. The van der Waals surface area contributed by atoms with E-state index in [2.05, 4.69) is 17.6 Å². The van der Waals surface area contributed by atoms with Crippen molar-refractivity contribution >= 4 is 11.8 Å². The van der Waals surface area contributed by atoms with Crippen molar-refractivity contribution in [1.82, 2.24) is 10.6 Å². The molecular formula is C12H22N2O3. The highest BCUT2D eigenvalue weighted by Gasteiger charge is 2.25. The molecule has 0 bridgehead atoms. The lowest BCUT2D eigenvalue weighted by molar-refractivity contribution is -0.140. The maximum atomic E-state index is 11.6. The highest BCUT2D eigenvalue weighted by Crippen LogP contribution is 2.23. The second-order valence-electron chi connectivity index (χ2n) is 4.90. The van der Waals surface area contributed by atoms with E-state index in [0.29, 0.717) is 5.92 Å². The van der Waals surface area contributed by atoms with Crippen molar-refractivity contribution in [1.29, 1.82) is 0 Å². The molecule has 0 unspecified atom stereocenters. The summed E-state index contributed by atoms with van der Waals surface area (Å²) in [6.45, 7) is 3.76. The summed E-state index contributed by atoms with van der Waals surface area (Å²) in [6, 6.07) is 0.105. The molecule has 2 amide bonds. The molecule has 0 saturated heterocycles. The van der Waals surface area contributed by atoms with Crippen LogP contribution in [0.2, 0.25) is 0 Å². The number of amides is 2. The van der Waals surface area contributed by atoms with E-state index < -0.39 is 17.9 Å². The van der Waals surface area contributed by atoms with Gasteiger partial charge in [0.1, 0.15) is 0 Å². The number of hydrogen-bond donors (Lipinski definition) is 3. The minimum absolute atomic E-state index is 0.104. The second-order valence-corrected chi connectivity index (χ2v) is 4.90. The number of rotatable bonds is 3. The molecule has 0 aromatic rings. The molecule has 0 radical (unpaired) electrons. The first-order chi connectivity index (χ1) is 8.00. The van der Waals surface area contributed by atoms with Crippen LogP contribution >= 0.6 is 0 Å². The molecule has 0 aromatic heterocycles. The van der Waals surface area contributed by atoms with Crippen LogP contribution in [0.1, 0.15) is 39.5 Å². The Kier molecular flexibility index (Phi) is 5.41. The van der Waals surface area contributed by atoms with Crippen LogP contribution in [-0.4, -0.2) is 35.6 Å². The van der Waals surface area contributed by atoms with Gasteiger partial charge in [-0.15, -0.1) is 0 Å². The Balaban J connectivity index is 2.34. The third-order valence-electron chi connectivity index (χ3n) is 3.19. The lowest BCUT2D eigenvalue weighted by Crippen LogP contribution is -2.48. The molecule has 0 aromatic carbocycles. The summed E-state index contributed by atoms with van der Waals surface area (Å²) in [5, 5.41) is 14.1. The minimum Gasteiger partial charge on any atom is -0.392 e. The maximum Gasteiger partial charge on any atom is 0.309 e. The molecule has 0 aliphatic heterocycles. The molecule has 5 heteroatoms. The van der Waals surface area contributed by atoms with Crippen LogP contribution in [-0.2, 0) is 9.59 Å². The fourth-order valence-corrected chi connectivity index (χ4v) is 2.09. The first kappa shape index (κ1) is 14.0. The second kappa shape index (κ2) is 6.59. The van der Waals surface area contributed by atoms with Crippen molar-refractivity contribution in [3.05, 3.63) is 0 Å². The van der Waals surface area contributed by atoms with Crippen LogP contribution in [0.15, 0.2) is 0 Å². The third kappa shape index (κ3) is 4.73. The Hall–Kier alpha value is -1.10. The van der Waals surface area contributed by atoms with E-state index in [1.165, 1.54) is 6.42 Å². The van der Waals surface area contributed by atoms with Gasteiger partial charge in [-0.2, -0.15) is 0 Å². The molecule has 3 atom stereocenters.